The first kappa shape index (κ1) is 27.9. The number of carbonyl (C=O) groups excluding carboxylic acids is 1. The van der Waals surface area contributed by atoms with Crippen LogP contribution in [0.5, 0.6) is 11.5 Å². The van der Waals surface area contributed by atoms with Gasteiger partial charge in [-0.2, -0.15) is 4.99 Å². The second-order valence-electron chi connectivity index (χ2n) is 6.91. The molecule has 1 heterocycles. The van der Waals surface area contributed by atoms with Crippen molar-refractivity contribution >= 4 is 46.5 Å². The van der Waals surface area contributed by atoms with E-state index in [0.717, 1.165) is 12.3 Å². The molecule has 0 aliphatic rings. The van der Waals surface area contributed by atoms with Crippen LogP contribution in [0.25, 0.3) is 0 Å². The highest BCUT2D eigenvalue weighted by atomic mass is 35.5. The Morgan fingerprint density at radius 2 is 1.79 bits per heavy atom. The van der Waals surface area contributed by atoms with Gasteiger partial charge >= 0.3 is 0 Å². The number of rotatable bonds is 6. The van der Waals surface area contributed by atoms with Gasteiger partial charge in [0.25, 0.3) is 5.91 Å². The lowest BCUT2D eigenvalue weighted by Crippen LogP contribution is -2.24. The predicted octanol–water partition coefficient (Wildman–Crippen LogP) is 2.12. The zero-order chi connectivity index (χ0) is 22.8. The number of nitrogens with two attached hydrogens (primary N) is 2. The Kier molecular flexibility index (Phi) is 9.02. The maximum Gasteiger partial charge on any atom is 0.280 e. The monoisotopic (exact) mass is 515 g/mol. The molecule has 1 amide bonds. The van der Waals surface area contributed by atoms with Gasteiger partial charge in [-0.25, -0.2) is 13.4 Å². The number of carbonyl (C=O) groups is 1. The molecule has 0 radical (unpaired) electrons. The molecule has 33 heavy (non-hydrogen) atoms. The van der Waals surface area contributed by atoms with Gasteiger partial charge in [-0.1, -0.05) is 12.1 Å². The number of H-pyrrole nitrogens is 1. The molecule has 0 aliphatic heterocycles. The van der Waals surface area contributed by atoms with Gasteiger partial charge in [0.15, 0.2) is 15.8 Å². The Labute approximate surface area is 202 Å². The van der Waals surface area contributed by atoms with Crippen LogP contribution in [0.4, 0.5) is 0 Å². The third-order valence-corrected chi connectivity index (χ3v) is 5.54. The van der Waals surface area contributed by atoms with Crippen LogP contribution in [0.1, 0.15) is 28.7 Å². The van der Waals surface area contributed by atoms with E-state index in [-0.39, 0.29) is 41.0 Å². The molecule has 0 fully saturated rings. The van der Waals surface area contributed by atoms with Gasteiger partial charge in [-0.15, -0.1) is 24.8 Å². The quantitative estimate of drug-likeness (QED) is 0.285. The van der Waals surface area contributed by atoms with Crippen molar-refractivity contribution in [1.82, 2.24) is 9.97 Å². The van der Waals surface area contributed by atoms with E-state index in [2.05, 4.69) is 15.0 Å². The van der Waals surface area contributed by atoms with Crippen LogP contribution < -0.4 is 16.2 Å². The summed E-state index contributed by atoms with van der Waals surface area (Å²) in [4.78, 5) is 22.2. The maximum atomic E-state index is 12.2. The molecule has 1 unspecified atom stereocenters. The number of halogens is 2. The number of aliphatic imine (C=N–C) groups is 1. The van der Waals surface area contributed by atoms with Crippen LogP contribution in [0, 0.1) is 0 Å². The molecule has 0 spiro atoms. The Morgan fingerprint density at radius 1 is 1.15 bits per heavy atom. The van der Waals surface area contributed by atoms with Crippen molar-refractivity contribution in [2.24, 2.45) is 16.5 Å². The van der Waals surface area contributed by atoms with Crippen molar-refractivity contribution < 1.29 is 23.1 Å². The highest BCUT2D eigenvalue weighted by Gasteiger charge is 2.28. The first-order valence-corrected chi connectivity index (χ1v) is 10.9. The molecule has 1 aromatic heterocycles. The molecule has 0 bridgehead atoms. The summed E-state index contributed by atoms with van der Waals surface area (Å²) in [5.41, 5.74) is 9.59. The minimum Gasteiger partial charge on any atom is -0.456 e. The van der Waals surface area contributed by atoms with Gasteiger partial charge in [0.05, 0.1) is 0 Å². The Balaban J connectivity index is 0.00000272. The lowest BCUT2D eigenvalue weighted by molar-refractivity contribution is 0.0931. The molecule has 0 aliphatic carbocycles. The van der Waals surface area contributed by atoms with Crippen LogP contribution in [0.3, 0.4) is 0 Å². The fraction of sp³-hybridized carbons (Fsp3) is 0.150. The molecule has 6 N–H and O–H groups in total. The lowest BCUT2D eigenvalue weighted by Gasteiger charge is -2.21. The van der Waals surface area contributed by atoms with E-state index in [4.69, 9.17) is 16.2 Å². The van der Waals surface area contributed by atoms with Gasteiger partial charge in [-0.3, -0.25) is 4.79 Å². The number of aliphatic hydroxyl groups is 1. The average molecular weight is 516 g/mol. The molecular formula is C20H23Cl2N5O5S. The van der Waals surface area contributed by atoms with E-state index in [1.165, 1.54) is 18.3 Å². The number of hydrogen-bond donors (Lipinski definition) is 4. The highest BCUT2D eigenvalue weighted by molar-refractivity contribution is 7.90. The smallest absolute Gasteiger partial charge is 0.280 e. The molecule has 3 rings (SSSR count). The summed E-state index contributed by atoms with van der Waals surface area (Å²) in [5.74, 6) is -0.485. The number of guanidine groups is 1. The number of amides is 1. The van der Waals surface area contributed by atoms with Gasteiger partial charge in [0, 0.05) is 24.2 Å². The summed E-state index contributed by atoms with van der Waals surface area (Å²) in [7, 11) is -3.74. The van der Waals surface area contributed by atoms with Gasteiger partial charge < -0.3 is 26.3 Å². The number of aromatic amines is 1. The summed E-state index contributed by atoms with van der Waals surface area (Å²) >= 11 is 0. The number of imidazole rings is 1. The van der Waals surface area contributed by atoms with Crippen molar-refractivity contribution in [1.29, 1.82) is 0 Å². The number of hydrogen-bond acceptors (Lipinski definition) is 6. The van der Waals surface area contributed by atoms with Crippen molar-refractivity contribution in [3.63, 3.8) is 0 Å². The van der Waals surface area contributed by atoms with E-state index < -0.39 is 27.3 Å². The molecule has 1 atom stereocenters. The topological polar surface area (TPSA) is 174 Å². The number of sulfone groups is 1. The van der Waals surface area contributed by atoms with E-state index in [9.17, 15) is 18.3 Å². The number of benzene rings is 2. The van der Waals surface area contributed by atoms with Crippen LogP contribution in [0.15, 0.2) is 64.7 Å². The third kappa shape index (κ3) is 6.45. The van der Waals surface area contributed by atoms with Crippen LogP contribution in [-0.4, -0.2) is 41.6 Å². The average Bonchev–Trinajstić information content (AvgIpc) is 3.23. The second kappa shape index (κ2) is 10.7. The zero-order valence-electron chi connectivity index (χ0n) is 17.6. The first-order valence-electron chi connectivity index (χ1n) is 8.97. The molecule has 0 saturated carbocycles. The van der Waals surface area contributed by atoms with Crippen molar-refractivity contribution in [3.05, 3.63) is 71.8 Å². The lowest BCUT2D eigenvalue weighted by atomic mass is 9.95. The third-order valence-electron chi connectivity index (χ3n) is 4.42. The molecule has 2 aromatic carbocycles. The highest BCUT2D eigenvalue weighted by Crippen LogP contribution is 2.32. The molecular weight excluding hydrogens is 493 g/mol. The van der Waals surface area contributed by atoms with E-state index in [1.54, 1.807) is 37.4 Å². The van der Waals surface area contributed by atoms with Crippen LogP contribution in [-0.2, 0) is 15.4 Å². The predicted molar refractivity (Wildman–Crippen MR) is 128 cm³/mol. The number of nitrogens with zero attached hydrogens (tertiary/aromatic N) is 2. The molecule has 178 valence electrons. The summed E-state index contributed by atoms with van der Waals surface area (Å²) in [6.07, 6.45) is 4.14. The number of aromatic nitrogens is 2. The van der Waals surface area contributed by atoms with E-state index in [0.29, 0.717) is 17.1 Å². The van der Waals surface area contributed by atoms with Crippen molar-refractivity contribution in [2.45, 2.75) is 17.4 Å². The minimum atomic E-state index is -3.74. The SMILES string of the molecule is CC(O)(c1ccc(Oc2ccc(C(=O)N=C(N)N)cc2S(C)(=O)=O)cc1)c1ncc[nH]1.Cl.Cl. The molecule has 0 saturated heterocycles. The van der Waals surface area contributed by atoms with E-state index in [1.807, 2.05) is 0 Å². The zero-order valence-corrected chi connectivity index (χ0v) is 20.0. The van der Waals surface area contributed by atoms with Gasteiger partial charge in [-0.05, 0) is 42.8 Å². The largest absolute Gasteiger partial charge is 0.456 e. The fourth-order valence-electron chi connectivity index (χ4n) is 2.84. The summed E-state index contributed by atoms with van der Waals surface area (Å²) in [6.45, 7) is 1.59. The van der Waals surface area contributed by atoms with Crippen molar-refractivity contribution in [2.75, 3.05) is 6.26 Å². The normalized spacial score (nSPS) is 12.5. The van der Waals surface area contributed by atoms with E-state index >= 15 is 0 Å². The number of nitrogens with one attached hydrogen (secondary N) is 1. The second-order valence-corrected chi connectivity index (χ2v) is 8.90. The Morgan fingerprint density at radius 3 is 2.30 bits per heavy atom. The standard InChI is InChI=1S/C20H21N5O5S.2ClH/c1-20(27,18-23-9-10-24-18)13-4-6-14(7-5-13)30-15-8-3-12(17(26)25-19(21)22)11-16(15)31(2,28)29;;/h3-11,27H,1-2H3,(H,23,24)(H4,21,22,25,26);2*1H. The fourth-order valence-corrected chi connectivity index (χ4v) is 3.66. The minimum absolute atomic E-state index is 0. The Bertz CT molecular complexity index is 1240. The Hall–Kier alpha value is -3.12. The number of ether oxygens (including phenoxy) is 1. The van der Waals surface area contributed by atoms with Crippen molar-refractivity contribution in [3.8, 4) is 11.5 Å². The molecule has 10 nitrogen and oxygen atoms in total. The molecule has 13 heteroatoms. The van der Waals surface area contributed by atoms with Gasteiger partial charge in [0.2, 0.25) is 0 Å². The van der Waals surface area contributed by atoms with Crippen LogP contribution >= 0.6 is 24.8 Å². The summed E-state index contributed by atoms with van der Waals surface area (Å²) < 4.78 is 30.2. The molecule has 3 aromatic rings. The first-order chi connectivity index (χ1) is 14.5. The summed E-state index contributed by atoms with van der Waals surface area (Å²) in [6, 6.07) is 10.3. The van der Waals surface area contributed by atoms with Crippen LogP contribution in [0.2, 0.25) is 0 Å². The maximum absolute atomic E-state index is 12.2. The van der Waals surface area contributed by atoms with Gasteiger partial charge in [0.1, 0.15) is 27.8 Å². The summed E-state index contributed by atoms with van der Waals surface area (Å²) in [5, 5.41) is 10.7.